The van der Waals surface area contributed by atoms with E-state index in [2.05, 4.69) is 15.5 Å². The Morgan fingerprint density at radius 1 is 1.23 bits per heavy atom. The Labute approximate surface area is 181 Å². The second kappa shape index (κ2) is 7.92. The van der Waals surface area contributed by atoms with E-state index >= 15 is 0 Å². The first kappa shape index (κ1) is 21.2. The molecule has 0 bridgehead atoms. The summed E-state index contributed by atoms with van der Waals surface area (Å²) in [6.45, 7) is 1.88. The van der Waals surface area contributed by atoms with Crippen molar-refractivity contribution in [3.05, 3.63) is 65.0 Å². The summed E-state index contributed by atoms with van der Waals surface area (Å²) in [6, 6.07) is 9.30. The molecule has 6 nitrogen and oxygen atoms in total. The number of nitrogens with one attached hydrogen (secondary N) is 1. The lowest BCUT2D eigenvalue weighted by molar-refractivity contribution is -0.138. The first-order valence-corrected chi connectivity index (χ1v) is 10.4. The second-order valence-electron chi connectivity index (χ2n) is 7.27. The quantitative estimate of drug-likeness (QED) is 0.565. The molecule has 10 heteroatoms. The fraction of sp³-hybridized carbons (Fsp3) is 0.286. The number of alkyl halides is 3. The minimum absolute atomic E-state index is 0.0120. The number of thioether (sulfide) groups is 1. The van der Waals surface area contributed by atoms with E-state index in [0.717, 1.165) is 22.5 Å². The monoisotopic (exact) mass is 447 g/mol. The standard InChI is InChI=1S/C21H20F3N5OS/c1-12(31-20-27-26-11-28(20)3)13-7-14(25-2)9-15(8-13)29-10-17-16(19(29)30)5-4-6-18(17)21(22,23)24/h4-9,11-12,25H,10H2,1-3H3. The van der Waals surface area contributed by atoms with Gasteiger partial charge in [-0.1, -0.05) is 17.8 Å². The smallest absolute Gasteiger partial charge is 0.388 e. The molecule has 1 atom stereocenters. The lowest BCUT2D eigenvalue weighted by atomic mass is 10.0. The Bertz CT molecular complexity index is 1140. The number of aromatic nitrogens is 3. The van der Waals surface area contributed by atoms with Gasteiger partial charge in [0.2, 0.25) is 0 Å². The number of carbonyl (C=O) groups is 1. The topological polar surface area (TPSA) is 63.1 Å². The number of halogens is 3. The molecule has 4 rings (SSSR count). The Balaban J connectivity index is 1.69. The predicted molar refractivity (Wildman–Crippen MR) is 113 cm³/mol. The highest BCUT2D eigenvalue weighted by Crippen LogP contribution is 2.41. The van der Waals surface area contributed by atoms with E-state index in [9.17, 15) is 18.0 Å². The van der Waals surface area contributed by atoms with E-state index in [1.165, 1.54) is 28.8 Å². The summed E-state index contributed by atoms with van der Waals surface area (Å²) in [5, 5.41) is 11.7. The molecule has 1 N–H and O–H groups in total. The third-order valence-corrected chi connectivity index (χ3v) is 6.44. The van der Waals surface area contributed by atoms with Crippen molar-refractivity contribution in [3.8, 4) is 0 Å². The number of rotatable bonds is 5. The van der Waals surface area contributed by atoms with Gasteiger partial charge in [0, 0.05) is 36.3 Å². The maximum atomic E-state index is 13.4. The number of hydrogen-bond donors (Lipinski definition) is 1. The Kier molecular flexibility index (Phi) is 5.42. The third kappa shape index (κ3) is 3.99. The van der Waals surface area contributed by atoms with Crippen LogP contribution < -0.4 is 10.2 Å². The van der Waals surface area contributed by atoms with Crippen LogP contribution in [0.4, 0.5) is 24.5 Å². The van der Waals surface area contributed by atoms with Gasteiger partial charge in [0.15, 0.2) is 5.16 Å². The molecule has 1 amide bonds. The van der Waals surface area contributed by atoms with Crippen LogP contribution in [0.25, 0.3) is 0 Å². The largest absolute Gasteiger partial charge is 0.416 e. The van der Waals surface area contributed by atoms with Crippen molar-refractivity contribution in [1.29, 1.82) is 0 Å². The summed E-state index contributed by atoms with van der Waals surface area (Å²) in [5.74, 6) is -0.436. The number of hydrogen-bond acceptors (Lipinski definition) is 5. The van der Waals surface area contributed by atoms with E-state index in [0.29, 0.717) is 5.69 Å². The molecule has 0 aliphatic carbocycles. The van der Waals surface area contributed by atoms with Crippen molar-refractivity contribution in [3.63, 3.8) is 0 Å². The normalized spacial score (nSPS) is 14.6. The number of anilines is 2. The highest BCUT2D eigenvalue weighted by Gasteiger charge is 2.39. The molecule has 0 saturated heterocycles. The molecule has 1 aliphatic rings. The molecule has 0 fully saturated rings. The van der Waals surface area contributed by atoms with Gasteiger partial charge in [0.1, 0.15) is 6.33 Å². The molecular weight excluding hydrogens is 427 g/mol. The summed E-state index contributed by atoms with van der Waals surface area (Å²) in [7, 11) is 3.61. The molecule has 1 aromatic heterocycles. The molecule has 2 aromatic carbocycles. The van der Waals surface area contributed by atoms with Gasteiger partial charge in [0.25, 0.3) is 5.91 Å². The molecular formula is C21H20F3N5OS. The van der Waals surface area contributed by atoms with Crippen LogP contribution in [0.1, 0.15) is 39.2 Å². The van der Waals surface area contributed by atoms with Crippen LogP contribution in [0.5, 0.6) is 0 Å². The van der Waals surface area contributed by atoms with Crippen molar-refractivity contribution in [2.24, 2.45) is 7.05 Å². The van der Waals surface area contributed by atoms with E-state index in [1.54, 1.807) is 19.4 Å². The molecule has 162 valence electrons. The minimum Gasteiger partial charge on any atom is -0.388 e. The van der Waals surface area contributed by atoms with Gasteiger partial charge in [-0.2, -0.15) is 13.2 Å². The van der Waals surface area contributed by atoms with Crippen LogP contribution in [0.3, 0.4) is 0 Å². The van der Waals surface area contributed by atoms with Crippen molar-refractivity contribution in [1.82, 2.24) is 14.8 Å². The molecule has 0 saturated carbocycles. The number of nitrogens with zero attached hydrogens (tertiary/aromatic N) is 4. The summed E-state index contributed by atoms with van der Waals surface area (Å²) < 4.78 is 42.1. The van der Waals surface area contributed by atoms with Gasteiger partial charge < -0.3 is 14.8 Å². The fourth-order valence-corrected chi connectivity index (χ4v) is 4.48. The minimum atomic E-state index is -4.51. The van der Waals surface area contributed by atoms with Crippen LogP contribution in [0.2, 0.25) is 0 Å². The number of amides is 1. The zero-order valence-corrected chi connectivity index (χ0v) is 17.9. The first-order chi connectivity index (χ1) is 14.7. The molecule has 3 aromatic rings. The van der Waals surface area contributed by atoms with Crippen molar-refractivity contribution in [2.75, 3.05) is 17.3 Å². The van der Waals surface area contributed by atoms with Crippen LogP contribution >= 0.6 is 11.8 Å². The molecule has 1 unspecified atom stereocenters. The summed E-state index contributed by atoms with van der Waals surface area (Å²) >= 11 is 1.50. The van der Waals surface area contributed by atoms with Gasteiger partial charge in [-0.25, -0.2) is 0 Å². The average molecular weight is 447 g/mol. The highest BCUT2D eigenvalue weighted by molar-refractivity contribution is 7.99. The number of benzene rings is 2. The van der Waals surface area contributed by atoms with Gasteiger partial charge in [0.05, 0.1) is 12.1 Å². The van der Waals surface area contributed by atoms with Crippen LogP contribution in [-0.4, -0.2) is 27.7 Å². The molecule has 31 heavy (non-hydrogen) atoms. The lowest BCUT2D eigenvalue weighted by Gasteiger charge is -2.21. The van der Waals surface area contributed by atoms with E-state index in [1.807, 2.05) is 30.7 Å². The number of carbonyl (C=O) groups excluding carboxylic acids is 1. The molecule has 2 heterocycles. The first-order valence-electron chi connectivity index (χ1n) is 9.53. The van der Waals surface area contributed by atoms with Gasteiger partial charge >= 0.3 is 6.18 Å². The predicted octanol–water partition coefficient (Wildman–Crippen LogP) is 4.89. The Morgan fingerprint density at radius 3 is 2.65 bits per heavy atom. The fourth-order valence-electron chi connectivity index (χ4n) is 3.58. The van der Waals surface area contributed by atoms with E-state index < -0.39 is 17.6 Å². The van der Waals surface area contributed by atoms with Gasteiger partial charge in [-0.05, 0) is 48.4 Å². The maximum absolute atomic E-state index is 13.4. The van der Waals surface area contributed by atoms with Crippen molar-refractivity contribution >= 4 is 29.0 Å². The zero-order valence-electron chi connectivity index (χ0n) is 17.1. The Morgan fingerprint density at radius 2 is 2.00 bits per heavy atom. The molecule has 1 aliphatic heterocycles. The second-order valence-corrected chi connectivity index (χ2v) is 8.58. The number of aryl methyl sites for hydroxylation is 1. The van der Waals surface area contributed by atoms with Crippen LogP contribution in [0.15, 0.2) is 47.9 Å². The Hall–Kier alpha value is -3.01. The maximum Gasteiger partial charge on any atom is 0.416 e. The lowest BCUT2D eigenvalue weighted by Crippen LogP contribution is -2.23. The SMILES string of the molecule is CNc1cc(C(C)Sc2nncn2C)cc(N2Cc3c(cccc3C(F)(F)F)C2=O)c1. The van der Waals surface area contributed by atoms with E-state index in [-0.39, 0.29) is 22.9 Å². The summed E-state index contributed by atoms with van der Waals surface area (Å²) in [6.07, 6.45) is -2.90. The zero-order chi connectivity index (χ0) is 22.3. The van der Waals surface area contributed by atoms with Crippen LogP contribution in [-0.2, 0) is 19.8 Å². The third-order valence-electron chi connectivity index (χ3n) is 5.24. The number of fused-ring (bicyclic) bond motifs is 1. The molecule has 0 spiro atoms. The van der Waals surface area contributed by atoms with E-state index in [4.69, 9.17) is 0 Å². The van der Waals surface area contributed by atoms with Gasteiger partial charge in [-0.15, -0.1) is 10.2 Å². The van der Waals surface area contributed by atoms with Crippen molar-refractivity contribution < 1.29 is 18.0 Å². The molecule has 0 radical (unpaired) electrons. The summed E-state index contributed by atoms with van der Waals surface area (Å²) in [5.41, 5.74) is 1.55. The van der Waals surface area contributed by atoms with Crippen LogP contribution in [0, 0.1) is 0 Å². The average Bonchev–Trinajstić information content (AvgIpc) is 3.29. The highest BCUT2D eigenvalue weighted by atomic mass is 32.2. The van der Waals surface area contributed by atoms with Crippen molar-refractivity contribution in [2.45, 2.75) is 30.1 Å². The van der Waals surface area contributed by atoms with Gasteiger partial charge in [-0.3, -0.25) is 4.79 Å². The summed E-state index contributed by atoms with van der Waals surface area (Å²) in [4.78, 5) is 14.4.